The molecule has 144 valence electrons. The van der Waals surface area contributed by atoms with Crippen LogP contribution in [0.2, 0.25) is 0 Å². The Hall–Kier alpha value is -2.68. The van der Waals surface area contributed by atoms with E-state index in [9.17, 15) is 5.11 Å². The van der Waals surface area contributed by atoms with Gasteiger partial charge in [-0.25, -0.2) is 0 Å². The second kappa shape index (κ2) is 8.34. The number of phenolic OH excluding ortho intramolecular Hbond substituents is 1. The smallest absolute Gasteiger partial charge is 0.122 e. The van der Waals surface area contributed by atoms with Gasteiger partial charge in [-0.1, -0.05) is 52.1 Å². The zero-order chi connectivity index (χ0) is 20.2. The van der Waals surface area contributed by atoms with Crippen LogP contribution >= 0.6 is 0 Å². The van der Waals surface area contributed by atoms with Gasteiger partial charge in [0, 0.05) is 29.1 Å². The predicted molar refractivity (Wildman–Crippen MR) is 114 cm³/mol. The number of hydrogen-bond donors (Lipinski definition) is 1. The molecule has 1 atom stereocenters. The number of ether oxygens (including phenoxy) is 1. The first-order chi connectivity index (χ1) is 12.6. The van der Waals surface area contributed by atoms with Gasteiger partial charge in [0.25, 0.3) is 0 Å². The lowest BCUT2D eigenvalue weighted by Gasteiger charge is -2.40. The Balaban J connectivity index is 2.42. The quantitative estimate of drug-likeness (QED) is 0.625. The lowest BCUT2D eigenvalue weighted by atomic mass is 9.85. The Kier molecular flexibility index (Phi) is 6.37. The monoisotopic (exact) mass is 365 g/mol. The van der Waals surface area contributed by atoms with Crippen LogP contribution in [0, 0.1) is 5.41 Å². The van der Waals surface area contributed by atoms with Gasteiger partial charge >= 0.3 is 0 Å². The van der Waals surface area contributed by atoms with Gasteiger partial charge in [0.1, 0.15) is 11.5 Å². The molecular weight excluding hydrogens is 334 g/mol. The molecular formula is C24H31NO2. The van der Waals surface area contributed by atoms with Gasteiger partial charge in [0.05, 0.1) is 6.61 Å². The minimum absolute atomic E-state index is 0.0645. The van der Waals surface area contributed by atoms with Crippen LogP contribution in [-0.4, -0.2) is 22.7 Å². The number of hydrogen-bond acceptors (Lipinski definition) is 3. The zero-order valence-electron chi connectivity index (χ0n) is 17.1. The van der Waals surface area contributed by atoms with Crippen LogP contribution in [0.15, 0.2) is 78.4 Å². The number of allylic oxidation sites excluding steroid dienone is 3. The predicted octanol–water partition coefficient (Wildman–Crippen LogP) is 6.03. The largest absolute Gasteiger partial charge is 0.507 e. The maximum Gasteiger partial charge on any atom is 0.122 e. The van der Waals surface area contributed by atoms with E-state index in [1.54, 1.807) is 6.07 Å². The minimum atomic E-state index is 0.0645. The topological polar surface area (TPSA) is 32.7 Å². The molecule has 0 aliphatic carbocycles. The van der Waals surface area contributed by atoms with Gasteiger partial charge < -0.3 is 14.7 Å². The summed E-state index contributed by atoms with van der Waals surface area (Å²) in [6, 6.07) is 7.53. The summed E-state index contributed by atoms with van der Waals surface area (Å²) in [7, 11) is 0. The molecule has 0 fully saturated rings. The third-order valence-corrected chi connectivity index (χ3v) is 4.89. The second-order valence-corrected chi connectivity index (χ2v) is 7.83. The molecule has 3 heteroatoms. The van der Waals surface area contributed by atoms with Crippen molar-refractivity contribution < 1.29 is 9.84 Å². The zero-order valence-corrected chi connectivity index (χ0v) is 17.1. The number of phenols is 1. The molecule has 0 bridgehead atoms. The lowest BCUT2D eigenvalue weighted by molar-refractivity contribution is 0.194. The Bertz CT molecular complexity index is 806. The highest BCUT2D eigenvalue weighted by Gasteiger charge is 2.29. The Morgan fingerprint density at radius 1 is 1.26 bits per heavy atom. The summed E-state index contributed by atoms with van der Waals surface area (Å²) in [5, 5.41) is 10.0. The number of benzene rings is 1. The van der Waals surface area contributed by atoms with Crippen LogP contribution in [0.25, 0.3) is 6.08 Å². The van der Waals surface area contributed by atoms with Crippen LogP contribution < -0.4 is 0 Å². The van der Waals surface area contributed by atoms with E-state index in [4.69, 9.17) is 4.74 Å². The summed E-state index contributed by atoms with van der Waals surface area (Å²) in [5.41, 5.74) is 3.63. The van der Waals surface area contributed by atoms with Gasteiger partial charge in [0.15, 0.2) is 0 Å². The van der Waals surface area contributed by atoms with E-state index in [-0.39, 0.29) is 17.2 Å². The number of para-hydroxylation sites is 1. The SMILES string of the molecule is C=C1C=C(/C=C/c2ccccc2O)N(C(C)C(C)(C)C)C=C1C(=C)OCC. The standard InChI is InChI=1S/C24H31NO2/c1-8-27-18(3)22-16-25(19(4)24(5,6)7)21(15-17(22)2)14-13-20-11-9-10-12-23(20)26/h9-16,19,26H,2-3,8H2,1,4-7H3/b14-13+. The van der Waals surface area contributed by atoms with E-state index in [1.807, 2.05) is 43.4 Å². The molecule has 1 aliphatic heterocycles. The minimum Gasteiger partial charge on any atom is -0.507 e. The number of rotatable bonds is 6. The van der Waals surface area contributed by atoms with E-state index >= 15 is 0 Å². The molecule has 1 aliphatic rings. The Morgan fingerprint density at radius 3 is 2.52 bits per heavy atom. The average molecular weight is 366 g/mol. The van der Waals surface area contributed by atoms with Crippen molar-refractivity contribution in [3.8, 4) is 5.75 Å². The van der Waals surface area contributed by atoms with Crippen molar-refractivity contribution in [2.75, 3.05) is 6.61 Å². The third kappa shape index (κ3) is 4.94. The molecule has 2 rings (SSSR count). The normalized spacial score (nSPS) is 16.2. The van der Waals surface area contributed by atoms with Crippen molar-refractivity contribution in [1.82, 2.24) is 4.90 Å². The molecule has 27 heavy (non-hydrogen) atoms. The first-order valence-corrected chi connectivity index (χ1v) is 9.34. The highest BCUT2D eigenvalue weighted by Crippen LogP contribution is 2.35. The van der Waals surface area contributed by atoms with Crippen molar-refractivity contribution in [3.05, 3.63) is 83.9 Å². The van der Waals surface area contributed by atoms with Crippen LogP contribution in [-0.2, 0) is 4.74 Å². The molecule has 1 N–H and O–H groups in total. The fourth-order valence-corrected chi connectivity index (χ4v) is 2.82. The molecule has 1 aromatic rings. The van der Waals surface area contributed by atoms with Gasteiger partial charge in [-0.2, -0.15) is 0 Å². The number of aromatic hydroxyl groups is 1. The van der Waals surface area contributed by atoms with Crippen LogP contribution in [0.3, 0.4) is 0 Å². The highest BCUT2D eigenvalue weighted by molar-refractivity contribution is 5.61. The summed E-state index contributed by atoms with van der Waals surface area (Å²) in [6.07, 6.45) is 8.05. The number of nitrogens with zero attached hydrogens (tertiary/aromatic N) is 1. The molecule has 0 aromatic heterocycles. The van der Waals surface area contributed by atoms with Crippen molar-refractivity contribution in [2.24, 2.45) is 5.41 Å². The molecule has 0 saturated heterocycles. The molecule has 0 radical (unpaired) electrons. The fourth-order valence-electron chi connectivity index (χ4n) is 2.82. The van der Waals surface area contributed by atoms with Crippen molar-refractivity contribution in [2.45, 2.75) is 40.7 Å². The summed E-state index contributed by atoms with van der Waals surface area (Å²) in [6.45, 7) is 19.6. The first kappa shape index (κ1) is 20.6. The average Bonchev–Trinajstić information content (AvgIpc) is 2.60. The van der Waals surface area contributed by atoms with Crippen LogP contribution in [0.4, 0.5) is 0 Å². The van der Waals surface area contributed by atoms with Crippen molar-refractivity contribution in [1.29, 1.82) is 0 Å². The Morgan fingerprint density at radius 2 is 1.93 bits per heavy atom. The van der Waals surface area contributed by atoms with Crippen molar-refractivity contribution >= 4 is 6.08 Å². The van der Waals surface area contributed by atoms with Crippen LogP contribution in [0.5, 0.6) is 5.75 Å². The molecule has 3 nitrogen and oxygen atoms in total. The summed E-state index contributed by atoms with van der Waals surface area (Å²) in [5.74, 6) is 0.897. The van der Waals surface area contributed by atoms with Gasteiger partial charge in [-0.3, -0.25) is 0 Å². The van der Waals surface area contributed by atoms with Crippen LogP contribution in [0.1, 0.15) is 40.2 Å². The van der Waals surface area contributed by atoms with Gasteiger partial charge in [0.2, 0.25) is 0 Å². The molecule has 1 aromatic carbocycles. The maximum atomic E-state index is 10.0. The summed E-state index contributed by atoms with van der Waals surface area (Å²) in [4.78, 5) is 2.23. The molecule has 1 heterocycles. The van der Waals surface area contributed by atoms with Gasteiger partial charge in [-0.05, 0) is 49.1 Å². The van der Waals surface area contributed by atoms with E-state index in [2.05, 4.69) is 52.0 Å². The van der Waals surface area contributed by atoms with E-state index < -0.39 is 0 Å². The van der Waals surface area contributed by atoms with E-state index in [0.717, 1.165) is 22.4 Å². The Labute approximate surface area is 163 Å². The first-order valence-electron chi connectivity index (χ1n) is 9.34. The molecule has 0 spiro atoms. The third-order valence-electron chi connectivity index (χ3n) is 4.89. The van der Waals surface area contributed by atoms with E-state index in [1.165, 1.54) is 0 Å². The van der Waals surface area contributed by atoms with E-state index in [0.29, 0.717) is 12.4 Å². The molecule has 1 unspecified atom stereocenters. The van der Waals surface area contributed by atoms with Crippen molar-refractivity contribution in [3.63, 3.8) is 0 Å². The summed E-state index contributed by atoms with van der Waals surface area (Å²) < 4.78 is 5.62. The molecule has 0 amide bonds. The maximum absolute atomic E-state index is 10.0. The lowest BCUT2D eigenvalue weighted by Crippen LogP contribution is -2.39. The highest BCUT2D eigenvalue weighted by atomic mass is 16.5. The fraction of sp³-hybridized carbons (Fsp3) is 0.333. The van der Waals surface area contributed by atoms with Gasteiger partial charge in [-0.15, -0.1) is 0 Å². The second-order valence-electron chi connectivity index (χ2n) is 7.83. The summed E-state index contributed by atoms with van der Waals surface area (Å²) >= 11 is 0. The molecule has 0 saturated carbocycles.